The minimum atomic E-state index is -1.06. The van der Waals surface area contributed by atoms with E-state index in [1.165, 1.54) is 19.3 Å². The van der Waals surface area contributed by atoms with Crippen LogP contribution in [0.25, 0.3) is 0 Å². The number of nitrogens with zero attached hydrogens (tertiary/aromatic N) is 1. The van der Waals surface area contributed by atoms with Crippen LogP contribution in [-0.2, 0) is 4.79 Å². The van der Waals surface area contributed by atoms with E-state index in [0.717, 1.165) is 12.8 Å². The summed E-state index contributed by atoms with van der Waals surface area (Å²) in [5.41, 5.74) is 0.656. The molecule has 3 unspecified atom stereocenters. The Morgan fingerprint density at radius 3 is 2.48 bits per heavy atom. The maximum absolute atomic E-state index is 12.2. The third-order valence-corrected chi connectivity index (χ3v) is 5.05. The van der Waals surface area contributed by atoms with Crippen molar-refractivity contribution in [2.75, 3.05) is 7.05 Å². The van der Waals surface area contributed by atoms with Crippen LogP contribution in [0.5, 0.6) is 0 Å². The van der Waals surface area contributed by atoms with Crippen molar-refractivity contribution in [3.63, 3.8) is 0 Å². The molecule has 0 spiro atoms. The Kier molecular flexibility index (Phi) is 4.27. The van der Waals surface area contributed by atoms with Gasteiger partial charge in [-0.25, -0.2) is 0 Å². The van der Waals surface area contributed by atoms with E-state index in [1.54, 1.807) is 12.1 Å². The van der Waals surface area contributed by atoms with E-state index in [9.17, 15) is 9.90 Å². The first-order valence-electron chi connectivity index (χ1n) is 7.90. The number of carbonyl (C=O) groups excluding carboxylic acids is 1. The van der Waals surface area contributed by atoms with Crippen LogP contribution in [0, 0.1) is 0 Å². The van der Waals surface area contributed by atoms with Crippen LogP contribution >= 0.6 is 0 Å². The number of nitrogens with one attached hydrogen (secondary N) is 1. The molecule has 114 valence electrons. The molecule has 2 bridgehead atoms. The van der Waals surface area contributed by atoms with Crippen molar-refractivity contribution >= 4 is 5.91 Å². The van der Waals surface area contributed by atoms with Crippen LogP contribution < -0.4 is 5.32 Å². The molecule has 21 heavy (non-hydrogen) atoms. The Hall–Kier alpha value is -1.39. The summed E-state index contributed by atoms with van der Waals surface area (Å²) in [7, 11) is 2.20. The van der Waals surface area contributed by atoms with Gasteiger partial charge in [0.25, 0.3) is 5.91 Å². The summed E-state index contributed by atoms with van der Waals surface area (Å²) in [6.07, 6.45) is 4.68. The van der Waals surface area contributed by atoms with Gasteiger partial charge in [0.05, 0.1) is 0 Å². The molecule has 3 rings (SSSR count). The first kappa shape index (κ1) is 14.5. The molecular weight excluding hydrogens is 264 g/mol. The summed E-state index contributed by atoms with van der Waals surface area (Å²) in [5, 5.41) is 13.2. The van der Waals surface area contributed by atoms with Gasteiger partial charge >= 0.3 is 0 Å². The van der Waals surface area contributed by atoms with Crippen LogP contribution in [0.4, 0.5) is 0 Å². The highest BCUT2D eigenvalue weighted by Crippen LogP contribution is 2.32. The molecule has 1 aromatic rings. The number of hydrogen-bond donors (Lipinski definition) is 2. The van der Waals surface area contributed by atoms with E-state index in [2.05, 4.69) is 17.3 Å². The summed E-state index contributed by atoms with van der Waals surface area (Å²) in [4.78, 5) is 14.7. The topological polar surface area (TPSA) is 52.6 Å². The maximum Gasteiger partial charge on any atom is 0.253 e. The fraction of sp³-hybridized carbons (Fsp3) is 0.588. The van der Waals surface area contributed by atoms with Crippen molar-refractivity contribution in [2.24, 2.45) is 0 Å². The molecule has 1 aromatic carbocycles. The van der Waals surface area contributed by atoms with Crippen LogP contribution in [0.15, 0.2) is 30.3 Å². The van der Waals surface area contributed by atoms with Gasteiger partial charge in [0.15, 0.2) is 6.10 Å². The molecule has 0 aliphatic carbocycles. The molecule has 2 saturated heterocycles. The fourth-order valence-corrected chi connectivity index (χ4v) is 3.80. The van der Waals surface area contributed by atoms with Crippen molar-refractivity contribution in [3.8, 4) is 0 Å². The Balaban J connectivity index is 1.60. The molecule has 3 atom stereocenters. The molecule has 2 heterocycles. The second-order valence-corrected chi connectivity index (χ2v) is 6.39. The standard InChI is InChI=1S/C17H24N2O2/c1-19-14-8-5-9-15(19)11-13(10-14)18-17(21)16(20)12-6-3-2-4-7-12/h2-4,6-7,13-16,20H,5,8-11H2,1H3,(H,18,21). The van der Waals surface area contributed by atoms with Gasteiger partial charge in [0.2, 0.25) is 0 Å². The SMILES string of the molecule is CN1C2CCCC1CC(NC(=O)C(O)c1ccccc1)C2. The molecule has 4 nitrogen and oxygen atoms in total. The quantitative estimate of drug-likeness (QED) is 0.892. The summed E-state index contributed by atoms with van der Waals surface area (Å²) in [6, 6.07) is 10.5. The molecule has 2 fully saturated rings. The minimum absolute atomic E-state index is 0.197. The molecule has 0 saturated carbocycles. The van der Waals surface area contributed by atoms with E-state index in [0.29, 0.717) is 17.6 Å². The lowest BCUT2D eigenvalue weighted by Crippen LogP contribution is -2.55. The average molecular weight is 288 g/mol. The Morgan fingerprint density at radius 2 is 1.86 bits per heavy atom. The summed E-state index contributed by atoms with van der Waals surface area (Å²) in [5.74, 6) is -0.270. The van der Waals surface area contributed by atoms with Gasteiger partial charge in [-0.1, -0.05) is 36.8 Å². The second kappa shape index (κ2) is 6.16. The van der Waals surface area contributed by atoms with E-state index >= 15 is 0 Å². The predicted octanol–water partition coefficient (Wildman–Crippen LogP) is 1.85. The molecule has 2 N–H and O–H groups in total. The van der Waals surface area contributed by atoms with Gasteiger partial charge in [-0.05, 0) is 38.3 Å². The van der Waals surface area contributed by atoms with Gasteiger partial charge in [-0.2, -0.15) is 0 Å². The van der Waals surface area contributed by atoms with Gasteiger partial charge in [0, 0.05) is 18.1 Å². The zero-order valence-electron chi connectivity index (χ0n) is 12.5. The zero-order chi connectivity index (χ0) is 14.8. The lowest BCUT2D eigenvalue weighted by atomic mass is 9.82. The number of amides is 1. The van der Waals surface area contributed by atoms with E-state index in [4.69, 9.17) is 0 Å². The highest BCUT2D eigenvalue weighted by molar-refractivity contribution is 5.82. The summed E-state index contributed by atoms with van der Waals surface area (Å²) in [6.45, 7) is 0. The largest absolute Gasteiger partial charge is 0.378 e. The number of carbonyl (C=O) groups is 1. The highest BCUT2D eigenvalue weighted by atomic mass is 16.3. The summed E-state index contributed by atoms with van der Waals surface area (Å²) >= 11 is 0. The molecular formula is C17H24N2O2. The van der Waals surface area contributed by atoms with Crippen molar-refractivity contribution in [3.05, 3.63) is 35.9 Å². The number of rotatable bonds is 3. The van der Waals surface area contributed by atoms with Crippen LogP contribution in [0.2, 0.25) is 0 Å². The molecule has 2 aliphatic rings. The smallest absolute Gasteiger partial charge is 0.253 e. The predicted molar refractivity (Wildman–Crippen MR) is 81.8 cm³/mol. The molecule has 0 aromatic heterocycles. The lowest BCUT2D eigenvalue weighted by Gasteiger charge is -2.47. The number of fused-ring (bicyclic) bond motifs is 2. The Morgan fingerprint density at radius 1 is 1.24 bits per heavy atom. The van der Waals surface area contributed by atoms with Gasteiger partial charge in [-0.3, -0.25) is 4.79 Å². The minimum Gasteiger partial charge on any atom is -0.378 e. The van der Waals surface area contributed by atoms with Crippen LogP contribution in [0.3, 0.4) is 0 Å². The van der Waals surface area contributed by atoms with Crippen molar-refractivity contribution in [1.82, 2.24) is 10.2 Å². The molecule has 2 aliphatic heterocycles. The number of aliphatic hydroxyl groups excluding tert-OH is 1. The molecule has 0 radical (unpaired) electrons. The number of hydrogen-bond acceptors (Lipinski definition) is 3. The normalized spacial score (nSPS) is 30.7. The van der Waals surface area contributed by atoms with Crippen molar-refractivity contribution in [1.29, 1.82) is 0 Å². The van der Waals surface area contributed by atoms with Gasteiger partial charge < -0.3 is 15.3 Å². The number of aliphatic hydroxyl groups is 1. The number of benzene rings is 1. The monoisotopic (exact) mass is 288 g/mol. The first-order valence-corrected chi connectivity index (χ1v) is 7.90. The average Bonchev–Trinajstić information content (AvgIpc) is 2.48. The van der Waals surface area contributed by atoms with E-state index < -0.39 is 6.10 Å². The summed E-state index contributed by atoms with van der Waals surface area (Å²) < 4.78 is 0. The van der Waals surface area contributed by atoms with Crippen LogP contribution in [0.1, 0.15) is 43.8 Å². The molecule has 1 amide bonds. The van der Waals surface area contributed by atoms with Gasteiger partial charge in [-0.15, -0.1) is 0 Å². The van der Waals surface area contributed by atoms with Crippen molar-refractivity contribution in [2.45, 2.75) is 56.3 Å². The fourth-order valence-electron chi connectivity index (χ4n) is 3.80. The third-order valence-electron chi connectivity index (χ3n) is 5.05. The Bertz CT molecular complexity index is 477. The van der Waals surface area contributed by atoms with E-state index in [1.807, 2.05) is 18.2 Å². The lowest BCUT2D eigenvalue weighted by molar-refractivity contribution is -0.131. The van der Waals surface area contributed by atoms with Gasteiger partial charge in [0.1, 0.15) is 0 Å². The highest BCUT2D eigenvalue weighted by Gasteiger charge is 2.36. The Labute approximate surface area is 126 Å². The zero-order valence-corrected chi connectivity index (χ0v) is 12.5. The van der Waals surface area contributed by atoms with E-state index in [-0.39, 0.29) is 11.9 Å². The molecule has 4 heteroatoms. The van der Waals surface area contributed by atoms with Crippen molar-refractivity contribution < 1.29 is 9.90 Å². The maximum atomic E-state index is 12.2. The number of piperidine rings is 2. The van der Waals surface area contributed by atoms with Crippen LogP contribution in [-0.4, -0.2) is 41.1 Å². The first-order chi connectivity index (χ1) is 10.1. The third kappa shape index (κ3) is 3.11. The second-order valence-electron chi connectivity index (χ2n) is 6.39.